The van der Waals surface area contributed by atoms with Gasteiger partial charge in [0.25, 0.3) is 11.8 Å². The van der Waals surface area contributed by atoms with Crippen LogP contribution in [-0.2, 0) is 21.0 Å². The molecule has 188 valence electrons. The number of carbonyl (C=O) groups excluding carboxylic acids is 3. The Morgan fingerprint density at radius 2 is 1.78 bits per heavy atom. The van der Waals surface area contributed by atoms with Crippen molar-refractivity contribution in [2.24, 2.45) is 0 Å². The molecule has 1 aliphatic heterocycles. The maximum Gasteiger partial charge on any atom is 0.270 e. The van der Waals surface area contributed by atoms with Gasteiger partial charge in [-0.2, -0.15) is 0 Å². The Labute approximate surface area is 223 Å². The summed E-state index contributed by atoms with van der Waals surface area (Å²) in [6.45, 7) is 1.60. The first-order valence-electron chi connectivity index (χ1n) is 11.1. The second kappa shape index (κ2) is 11.2. The van der Waals surface area contributed by atoms with Crippen LogP contribution in [0.15, 0.2) is 72.3 Å². The number of nitrogens with one attached hydrogen (secondary N) is 2. The van der Waals surface area contributed by atoms with E-state index < -0.39 is 11.8 Å². The summed E-state index contributed by atoms with van der Waals surface area (Å²) in [5, 5.41) is 5.76. The van der Waals surface area contributed by atoms with E-state index in [9.17, 15) is 14.4 Å². The molecule has 0 spiro atoms. The number of methoxy groups -OCH3 is 1. The van der Waals surface area contributed by atoms with Crippen LogP contribution in [0.1, 0.15) is 18.1 Å². The Hall–Kier alpha value is -4.21. The van der Waals surface area contributed by atoms with Crippen LogP contribution in [0.25, 0.3) is 6.08 Å². The van der Waals surface area contributed by atoms with Crippen molar-refractivity contribution in [2.75, 3.05) is 17.3 Å². The fourth-order valence-electron chi connectivity index (χ4n) is 3.65. The van der Waals surface area contributed by atoms with Crippen molar-refractivity contribution in [1.29, 1.82) is 0 Å². The molecule has 1 saturated heterocycles. The molecule has 0 aromatic heterocycles. The van der Waals surface area contributed by atoms with Crippen molar-refractivity contribution in [1.82, 2.24) is 5.32 Å². The van der Waals surface area contributed by atoms with Gasteiger partial charge < -0.3 is 14.8 Å². The lowest BCUT2D eigenvalue weighted by Crippen LogP contribution is -2.54. The maximum absolute atomic E-state index is 13.2. The summed E-state index contributed by atoms with van der Waals surface area (Å²) < 4.78 is 11.3. The van der Waals surface area contributed by atoms with Crippen LogP contribution in [0.5, 0.6) is 11.5 Å². The van der Waals surface area contributed by atoms with Crippen LogP contribution < -0.4 is 25.0 Å². The molecule has 1 heterocycles. The summed E-state index contributed by atoms with van der Waals surface area (Å²) in [5.41, 5.74) is 2.38. The first-order chi connectivity index (χ1) is 17.7. The third-order valence-corrected chi connectivity index (χ3v) is 5.91. The number of amides is 3. The Bertz CT molecular complexity index is 1400. The largest absolute Gasteiger partial charge is 0.496 e. The monoisotopic (exact) mass is 535 g/mol. The number of hydrogen-bond donors (Lipinski definition) is 2. The number of nitrogens with zero attached hydrogens (tertiary/aromatic N) is 1. The van der Waals surface area contributed by atoms with Crippen LogP contribution in [0.3, 0.4) is 0 Å². The molecule has 0 unspecified atom stereocenters. The number of hydrogen-bond acceptors (Lipinski definition) is 6. The van der Waals surface area contributed by atoms with Gasteiger partial charge >= 0.3 is 0 Å². The van der Waals surface area contributed by atoms with Gasteiger partial charge in [-0.25, -0.2) is 0 Å². The van der Waals surface area contributed by atoms with E-state index in [0.29, 0.717) is 39.0 Å². The molecule has 1 fully saturated rings. The van der Waals surface area contributed by atoms with Gasteiger partial charge in [0.2, 0.25) is 5.91 Å². The normalized spacial score (nSPS) is 14.4. The quantitative estimate of drug-likeness (QED) is 0.258. The molecule has 8 nitrogen and oxygen atoms in total. The number of rotatable bonds is 7. The molecule has 0 aliphatic carbocycles. The molecule has 10 heteroatoms. The zero-order valence-corrected chi connectivity index (χ0v) is 21.5. The number of anilines is 2. The minimum absolute atomic E-state index is 0.0113. The predicted octanol–water partition coefficient (Wildman–Crippen LogP) is 4.72. The van der Waals surface area contributed by atoms with Gasteiger partial charge in [-0.3, -0.25) is 24.6 Å². The Balaban J connectivity index is 1.57. The second-order valence-corrected chi connectivity index (χ2v) is 8.82. The number of ether oxygens (including phenoxy) is 2. The molecule has 0 saturated carbocycles. The average molecular weight is 536 g/mol. The van der Waals surface area contributed by atoms with E-state index in [0.717, 1.165) is 0 Å². The highest BCUT2D eigenvalue weighted by Crippen LogP contribution is 2.27. The highest BCUT2D eigenvalue weighted by atomic mass is 35.5. The van der Waals surface area contributed by atoms with E-state index in [1.807, 2.05) is 0 Å². The summed E-state index contributed by atoms with van der Waals surface area (Å²) in [6.07, 6.45) is 1.49. The van der Waals surface area contributed by atoms with Crippen LogP contribution in [-0.4, -0.2) is 29.9 Å². The van der Waals surface area contributed by atoms with Crippen LogP contribution in [0.4, 0.5) is 11.4 Å². The summed E-state index contributed by atoms with van der Waals surface area (Å²) >= 11 is 11.2. The summed E-state index contributed by atoms with van der Waals surface area (Å²) in [4.78, 5) is 38.3. The molecule has 37 heavy (non-hydrogen) atoms. The molecular formula is C27H22ClN3O5S. The second-order valence-electron chi connectivity index (χ2n) is 8.00. The Morgan fingerprint density at radius 1 is 1.08 bits per heavy atom. The predicted molar refractivity (Wildman–Crippen MR) is 146 cm³/mol. The summed E-state index contributed by atoms with van der Waals surface area (Å²) in [6, 6.07) is 18.8. The lowest BCUT2D eigenvalue weighted by Gasteiger charge is -2.29. The molecule has 3 amide bonds. The standard InChI is InChI=1S/C27H22ClN3O5S/c1-16(32)29-20-6-10-22(11-7-20)36-15-18-13-17(3-12-24(18)35-2)14-23-25(33)30-27(37)31(26(23)34)21-8-4-19(28)5-9-21/h3-14H,15H2,1-2H3,(H,29,32)(H,30,33,37)/b23-14-. The molecule has 1 aliphatic rings. The van der Waals surface area contributed by atoms with Crippen LogP contribution >= 0.6 is 23.8 Å². The van der Waals surface area contributed by atoms with Gasteiger partial charge in [-0.05, 0) is 84.5 Å². The molecule has 0 radical (unpaired) electrons. The van der Waals surface area contributed by atoms with Crippen molar-refractivity contribution in [2.45, 2.75) is 13.5 Å². The van der Waals surface area contributed by atoms with Crippen molar-refractivity contribution in [3.63, 3.8) is 0 Å². The zero-order valence-electron chi connectivity index (χ0n) is 19.9. The molecular weight excluding hydrogens is 514 g/mol. The fraction of sp³-hybridized carbons (Fsp3) is 0.111. The number of halogens is 1. The Kier molecular flexibility index (Phi) is 7.86. The van der Waals surface area contributed by atoms with Gasteiger partial charge in [0, 0.05) is 23.2 Å². The van der Waals surface area contributed by atoms with E-state index >= 15 is 0 Å². The van der Waals surface area contributed by atoms with Gasteiger partial charge in [0.1, 0.15) is 23.7 Å². The Morgan fingerprint density at radius 3 is 2.43 bits per heavy atom. The number of carbonyl (C=O) groups is 3. The average Bonchev–Trinajstić information content (AvgIpc) is 2.87. The SMILES string of the molecule is COc1ccc(/C=C2/C(=O)NC(=S)N(c3ccc(Cl)cc3)C2=O)cc1COc1ccc(NC(C)=O)cc1. The minimum Gasteiger partial charge on any atom is -0.496 e. The van der Waals surface area contributed by atoms with Crippen molar-refractivity contribution in [3.05, 3.63) is 88.5 Å². The molecule has 4 rings (SSSR count). The number of benzene rings is 3. The fourth-order valence-corrected chi connectivity index (χ4v) is 4.06. The van der Waals surface area contributed by atoms with Crippen molar-refractivity contribution < 1.29 is 23.9 Å². The van der Waals surface area contributed by atoms with E-state index in [2.05, 4.69) is 10.6 Å². The van der Waals surface area contributed by atoms with Crippen molar-refractivity contribution in [3.8, 4) is 11.5 Å². The van der Waals surface area contributed by atoms with Crippen LogP contribution in [0, 0.1) is 0 Å². The number of thiocarbonyl (C=S) groups is 1. The summed E-state index contributed by atoms with van der Waals surface area (Å²) in [7, 11) is 1.54. The highest BCUT2D eigenvalue weighted by molar-refractivity contribution is 7.80. The molecule has 0 bridgehead atoms. The first-order valence-corrected chi connectivity index (χ1v) is 11.9. The van der Waals surface area contributed by atoms with Gasteiger partial charge in [0.15, 0.2) is 5.11 Å². The minimum atomic E-state index is -0.590. The zero-order chi connectivity index (χ0) is 26.5. The first kappa shape index (κ1) is 25.9. The highest BCUT2D eigenvalue weighted by Gasteiger charge is 2.34. The van der Waals surface area contributed by atoms with E-state index in [4.69, 9.17) is 33.3 Å². The molecule has 3 aromatic rings. The summed E-state index contributed by atoms with van der Waals surface area (Å²) in [5.74, 6) is -0.126. The van der Waals surface area contributed by atoms with Crippen LogP contribution in [0.2, 0.25) is 5.02 Å². The van der Waals surface area contributed by atoms with E-state index in [1.54, 1.807) is 73.8 Å². The topological polar surface area (TPSA) is 97.0 Å². The smallest absolute Gasteiger partial charge is 0.270 e. The van der Waals surface area contributed by atoms with Gasteiger partial charge in [-0.1, -0.05) is 17.7 Å². The van der Waals surface area contributed by atoms with Crippen molar-refractivity contribution >= 4 is 64.1 Å². The molecule has 3 aromatic carbocycles. The third kappa shape index (κ3) is 6.14. The van der Waals surface area contributed by atoms with E-state index in [-0.39, 0.29) is 23.2 Å². The van der Waals surface area contributed by atoms with Gasteiger partial charge in [-0.15, -0.1) is 0 Å². The molecule has 0 atom stereocenters. The third-order valence-electron chi connectivity index (χ3n) is 5.37. The lowest BCUT2D eigenvalue weighted by atomic mass is 10.0. The maximum atomic E-state index is 13.2. The van der Waals surface area contributed by atoms with E-state index in [1.165, 1.54) is 17.9 Å². The molecule has 2 N–H and O–H groups in total. The van der Waals surface area contributed by atoms with Gasteiger partial charge in [0.05, 0.1) is 12.8 Å². The lowest BCUT2D eigenvalue weighted by molar-refractivity contribution is -0.122.